The molecule has 1 aliphatic carbocycles. The summed E-state index contributed by atoms with van der Waals surface area (Å²) in [4.78, 5) is 53.8. The number of benzene rings is 2. The van der Waals surface area contributed by atoms with Crippen LogP contribution in [-0.2, 0) is 27.3 Å². The molecule has 2 unspecified atom stereocenters. The Morgan fingerprint density at radius 2 is 1.84 bits per heavy atom. The van der Waals surface area contributed by atoms with E-state index in [4.69, 9.17) is 9.47 Å². The third kappa shape index (κ3) is 5.83. The molecule has 9 heteroatoms. The van der Waals surface area contributed by atoms with Crippen LogP contribution in [0.4, 0.5) is 10.5 Å². The van der Waals surface area contributed by atoms with Crippen LogP contribution in [0.25, 0.3) is 0 Å². The van der Waals surface area contributed by atoms with Crippen LogP contribution < -0.4 is 15.0 Å². The number of urea groups is 1. The van der Waals surface area contributed by atoms with Crippen LogP contribution >= 0.6 is 0 Å². The Morgan fingerprint density at radius 1 is 1.08 bits per heavy atom. The molecule has 1 saturated heterocycles. The number of carbonyl (C=O) groups excluding carboxylic acids is 4. The summed E-state index contributed by atoms with van der Waals surface area (Å²) < 4.78 is 10.4. The second kappa shape index (κ2) is 12.0. The first-order chi connectivity index (χ1) is 18.0. The molecule has 0 bridgehead atoms. The van der Waals surface area contributed by atoms with Gasteiger partial charge in [0, 0.05) is 30.8 Å². The molecule has 0 spiro atoms. The Bertz CT molecular complexity index is 1150. The van der Waals surface area contributed by atoms with E-state index >= 15 is 0 Å². The van der Waals surface area contributed by atoms with E-state index in [1.54, 1.807) is 61.6 Å². The maximum Gasteiger partial charge on any atom is 0.331 e. The maximum absolute atomic E-state index is 13.8. The lowest BCUT2D eigenvalue weighted by Crippen LogP contribution is -2.62. The topological polar surface area (TPSA) is 105 Å². The molecule has 4 rings (SSSR count). The number of amides is 4. The van der Waals surface area contributed by atoms with E-state index in [0.29, 0.717) is 35.7 Å². The number of nitrogens with one attached hydrogen (secondary N) is 1. The fraction of sp³-hybridized carbons (Fsp3) is 0.429. The first-order valence-corrected chi connectivity index (χ1v) is 12.6. The number of ether oxygens (including phenoxy) is 2. The Kier molecular flexibility index (Phi) is 8.55. The summed E-state index contributed by atoms with van der Waals surface area (Å²) >= 11 is 0. The van der Waals surface area contributed by atoms with Crippen LogP contribution in [-0.4, -0.2) is 62.4 Å². The lowest BCUT2D eigenvalue weighted by Gasteiger charge is -2.47. The van der Waals surface area contributed by atoms with Crippen molar-refractivity contribution in [2.45, 2.75) is 44.7 Å². The third-order valence-electron chi connectivity index (χ3n) is 7.07. The highest BCUT2D eigenvalue weighted by atomic mass is 16.5. The van der Waals surface area contributed by atoms with Crippen molar-refractivity contribution >= 4 is 29.8 Å². The van der Waals surface area contributed by atoms with Gasteiger partial charge in [-0.15, -0.1) is 0 Å². The van der Waals surface area contributed by atoms with Crippen molar-refractivity contribution in [2.24, 2.45) is 5.92 Å². The minimum atomic E-state index is -0.392. The van der Waals surface area contributed by atoms with E-state index < -0.39 is 6.03 Å². The molecule has 2 aliphatic rings. The number of anilines is 1. The van der Waals surface area contributed by atoms with Crippen LogP contribution in [0.5, 0.6) is 5.75 Å². The van der Waals surface area contributed by atoms with Gasteiger partial charge < -0.3 is 19.7 Å². The van der Waals surface area contributed by atoms with Crippen molar-refractivity contribution < 1.29 is 28.7 Å². The Morgan fingerprint density at radius 3 is 2.54 bits per heavy atom. The molecule has 2 aromatic carbocycles. The molecular weight excluding hydrogens is 474 g/mol. The summed E-state index contributed by atoms with van der Waals surface area (Å²) in [6, 6.07) is 11.5. The van der Waals surface area contributed by atoms with Gasteiger partial charge in [0.05, 0.1) is 38.3 Å². The first-order valence-electron chi connectivity index (χ1n) is 12.6. The molecule has 1 N–H and O–H groups in total. The average Bonchev–Trinajstić information content (AvgIpc) is 2.92. The summed E-state index contributed by atoms with van der Waals surface area (Å²) in [7, 11) is 3.12. The largest absolute Gasteiger partial charge is 0.496 e. The van der Waals surface area contributed by atoms with Gasteiger partial charge >= 0.3 is 6.03 Å². The van der Waals surface area contributed by atoms with Gasteiger partial charge in [0.15, 0.2) is 0 Å². The number of hydrogen-bond acceptors (Lipinski definition) is 6. The fourth-order valence-corrected chi connectivity index (χ4v) is 5.21. The van der Waals surface area contributed by atoms with Crippen molar-refractivity contribution in [1.82, 2.24) is 10.2 Å². The van der Waals surface area contributed by atoms with Crippen molar-refractivity contribution in [3.8, 4) is 5.75 Å². The van der Waals surface area contributed by atoms with Gasteiger partial charge in [-0.3, -0.25) is 14.4 Å². The van der Waals surface area contributed by atoms with Crippen LogP contribution in [0.3, 0.4) is 0 Å². The van der Waals surface area contributed by atoms with Crippen molar-refractivity contribution in [2.75, 3.05) is 32.3 Å². The quantitative estimate of drug-likeness (QED) is 0.391. The molecule has 4 amide bonds. The summed E-state index contributed by atoms with van der Waals surface area (Å²) in [5, 5.41) is 2.78. The normalized spacial score (nSPS) is 19.4. The Hall–Kier alpha value is -3.72. The van der Waals surface area contributed by atoms with Gasteiger partial charge in [-0.2, -0.15) is 0 Å². The maximum atomic E-state index is 13.8. The minimum Gasteiger partial charge on any atom is -0.496 e. The van der Waals surface area contributed by atoms with E-state index in [1.807, 2.05) is 0 Å². The highest BCUT2D eigenvalue weighted by molar-refractivity contribution is 6.17. The Balaban J connectivity index is 1.58. The van der Waals surface area contributed by atoms with E-state index in [2.05, 4.69) is 5.32 Å². The number of carbonyl (C=O) groups is 4. The van der Waals surface area contributed by atoms with Gasteiger partial charge in [0.1, 0.15) is 12.0 Å². The minimum absolute atomic E-state index is 0.127. The summed E-state index contributed by atoms with van der Waals surface area (Å²) in [6.45, 7) is 1.10. The van der Waals surface area contributed by atoms with Crippen LogP contribution in [0.2, 0.25) is 0 Å². The van der Waals surface area contributed by atoms with Crippen molar-refractivity contribution in [1.29, 1.82) is 0 Å². The molecule has 0 aromatic heterocycles. The lowest BCUT2D eigenvalue weighted by atomic mass is 9.81. The summed E-state index contributed by atoms with van der Waals surface area (Å²) in [6.07, 6.45) is 4.31. The van der Waals surface area contributed by atoms with Gasteiger partial charge in [-0.25, -0.2) is 9.69 Å². The zero-order chi connectivity index (χ0) is 26.4. The monoisotopic (exact) mass is 507 g/mol. The Labute approximate surface area is 216 Å². The van der Waals surface area contributed by atoms with E-state index in [0.717, 1.165) is 37.5 Å². The number of hydrogen-bond donors (Lipinski definition) is 1. The molecule has 1 heterocycles. The fourth-order valence-electron chi connectivity index (χ4n) is 5.21. The number of rotatable bonds is 10. The number of nitrogens with zero attached hydrogens (tertiary/aromatic N) is 2. The molecule has 2 aromatic rings. The molecule has 9 nitrogen and oxygen atoms in total. The van der Waals surface area contributed by atoms with Gasteiger partial charge in [-0.1, -0.05) is 25.0 Å². The average molecular weight is 508 g/mol. The number of methoxy groups -OCH3 is 2. The molecule has 37 heavy (non-hydrogen) atoms. The summed E-state index contributed by atoms with van der Waals surface area (Å²) in [5.74, 6) is -0.0254. The summed E-state index contributed by atoms with van der Waals surface area (Å²) in [5.41, 5.74) is 2.46. The second-order valence-electron chi connectivity index (χ2n) is 9.42. The lowest BCUT2D eigenvalue weighted by molar-refractivity contribution is -0.127. The van der Waals surface area contributed by atoms with Gasteiger partial charge in [0.25, 0.3) is 0 Å². The van der Waals surface area contributed by atoms with Crippen LogP contribution in [0.1, 0.15) is 47.2 Å². The van der Waals surface area contributed by atoms with E-state index in [-0.39, 0.29) is 36.7 Å². The zero-order valence-corrected chi connectivity index (χ0v) is 21.3. The highest BCUT2D eigenvalue weighted by Crippen LogP contribution is 2.38. The molecule has 2 atom stereocenters. The van der Waals surface area contributed by atoms with Crippen LogP contribution in [0, 0.1) is 5.92 Å². The zero-order valence-electron chi connectivity index (χ0n) is 21.3. The predicted octanol–water partition coefficient (Wildman–Crippen LogP) is 3.34. The van der Waals surface area contributed by atoms with Gasteiger partial charge in [-0.05, 0) is 48.7 Å². The molecule has 1 aliphatic heterocycles. The SMILES string of the molecule is COCCNC(=O)Cc1ccc(N2C(=O)C3CCCCC3N(Cc3cc(C=O)ccc3OC)C2=O)cc1. The van der Waals surface area contributed by atoms with Crippen LogP contribution in [0.15, 0.2) is 42.5 Å². The standard InChI is InChI=1S/C28H33N3O6/c1-36-14-13-29-26(33)16-19-7-10-22(11-8-19)31-27(34)23-5-3-4-6-24(23)30(28(31)35)17-21-15-20(18-32)9-12-25(21)37-2/h7-12,15,18,23-24H,3-6,13-14,16-17H2,1-2H3,(H,29,33). The van der Waals surface area contributed by atoms with Crippen molar-refractivity contribution in [3.63, 3.8) is 0 Å². The predicted molar refractivity (Wildman–Crippen MR) is 138 cm³/mol. The molecule has 2 fully saturated rings. The third-order valence-corrected chi connectivity index (χ3v) is 7.07. The molecule has 1 saturated carbocycles. The molecule has 196 valence electrons. The number of fused-ring (bicyclic) bond motifs is 1. The van der Waals surface area contributed by atoms with Crippen molar-refractivity contribution in [3.05, 3.63) is 59.2 Å². The second-order valence-corrected chi connectivity index (χ2v) is 9.42. The van der Waals surface area contributed by atoms with E-state index in [9.17, 15) is 19.2 Å². The molecular formula is C28H33N3O6. The number of imide groups is 1. The smallest absolute Gasteiger partial charge is 0.331 e. The first kappa shape index (κ1) is 26.3. The van der Waals surface area contributed by atoms with Gasteiger partial charge in [0.2, 0.25) is 11.8 Å². The number of aldehydes is 1. The van der Waals surface area contributed by atoms with E-state index in [1.165, 1.54) is 4.90 Å². The molecule has 0 radical (unpaired) electrons. The highest BCUT2D eigenvalue weighted by Gasteiger charge is 2.47.